The van der Waals surface area contributed by atoms with Crippen molar-refractivity contribution in [2.75, 3.05) is 5.32 Å². The van der Waals surface area contributed by atoms with Gasteiger partial charge >= 0.3 is 0 Å². The summed E-state index contributed by atoms with van der Waals surface area (Å²) in [5, 5.41) is 4.70. The number of anilines is 1. The second-order valence-electron chi connectivity index (χ2n) is 5.42. The van der Waals surface area contributed by atoms with E-state index in [0.29, 0.717) is 6.04 Å². The first-order valence-corrected chi connectivity index (χ1v) is 7.70. The van der Waals surface area contributed by atoms with Crippen LogP contribution in [0.5, 0.6) is 0 Å². The van der Waals surface area contributed by atoms with Crippen LogP contribution in [0.25, 0.3) is 10.2 Å². The van der Waals surface area contributed by atoms with Crippen molar-refractivity contribution < 1.29 is 0 Å². The van der Waals surface area contributed by atoms with Gasteiger partial charge in [-0.1, -0.05) is 37.2 Å². The molecule has 1 N–H and O–H groups in total. The third kappa shape index (κ3) is 2.66. The molecule has 3 heteroatoms. The van der Waals surface area contributed by atoms with Gasteiger partial charge in [0.15, 0.2) is 5.13 Å². The number of thiazole rings is 1. The van der Waals surface area contributed by atoms with Gasteiger partial charge in [-0.05, 0) is 43.4 Å². The molecule has 1 unspecified atom stereocenters. The Morgan fingerprint density at radius 3 is 3.00 bits per heavy atom. The maximum atomic E-state index is 4.70. The Balaban J connectivity index is 1.76. The molecule has 1 aromatic heterocycles. The molecule has 1 fully saturated rings. The molecule has 0 aliphatic heterocycles. The van der Waals surface area contributed by atoms with Crippen LogP contribution in [0.2, 0.25) is 0 Å². The van der Waals surface area contributed by atoms with Gasteiger partial charge in [0, 0.05) is 6.04 Å². The van der Waals surface area contributed by atoms with Crippen LogP contribution in [0.4, 0.5) is 5.13 Å². The molecule has 18 heavy (non-hydrogen) atoms. The molecule has 0 bridgehead atoms. The van der Waals surface area contributed by atoms with Crippen LogP contribution in [0, 0.1) is 12.8 Å². The van der Waals surface area contributed by atoms with Crippen molar-refractivity contribution in [3.63, 3.8) is 0 Å². The number of aromatic nitrogens is 1. The lowest BCUT2D eigenvalue weighted by Crippen LogP contribution is -2.18. The number of aryl methyl sites for hydroxylation is 1. The third-order valence-electron chi connectivity index (χ3n) is 3.68. The minimum atomic E-state index is 0.596. The Bertz CT molecular complexity index is 542. The van der Waals surface area contributed by atoms with Crippen molar-refractivity contribution in [3.8, 4) is 0 Å². The Hall–Kier alpha value is -1.09. The molecule has 3 rings (SSSR count). The van der Waals surface area contributed by atoms with Crippen molar-refractivity contribution in [1.29, 1.82) is 0 Å². The molecule has 2 aromatic rings. The molecule has 1 aliphatic carbocycles. The Morgan fingerprint density at radius 2 is 2.28 bits per heavy atom. The van der Waals surface area contributed by atoms with Crippen molar-refractivity contribution >= 4 is 26.7 Å². The summed E-state index contributed by atoms with van der Waals surface area (Å²) in [7, 11) is 0. The highest BCUT2D eigenvalue weighted by atomic mass is 32.1. The summed E-state index contributed by atoms with van der Waals surface area (Å²) >= 11 is 1.77. The van der Waals surface area contributed by atoms with Crippen molar-refractivity contribution in [2.24, 2.45) is 5.92 Å². The topological polar surface area (TPSA) is 24.9 Å². The van der Waals surface area contributed by atoms with E-state index in [0.717, 1.165) is 16.6 Å². The number of rotatable bonds is 5. The fourth-order valence-corrected chi connectivity index (χ4v) is 3.28. The lowest BCUT2D eigenvalue weighted by molar-refractivity contribution is 0.587. The smallest absolute Gasteiger partial charge is 0.184 e. The van der Waals surface area contributed by atoms with Gasteiger partial charge in [0.1, 0.15) is 0 Å². The Labute approximate surface area is 112 Å². The van der Waals surface area contributed by atoms with E-state index in [-0.39, 0.29) is 0 Å². The van der Waals surface area contributed by atoms with Crippen molar-refractivity contribution in [3.05, 3.63) is 23.8 Å². The molecule has 96 valence electrons. The Morgan fingerprint density at radius 1 is 1.44 bits per heavy atom. The normalized spacial score (nSPS) is 17.0. The fraction of sp³-hybridized carbons (Fsp3) is 0.533. The zero-order chi connectivity index (χ0) is 12.5. The molecule has 2 nitrogen and oxygen atoms in total. The summed E-state index contributed by atoms with van der Waals surface area (Å²) in [6, 6.07) is 7.10. The van der Waals surface area contributed by atoms with Gasteiger partial charge in [-0.3, -0.25) is 0 Å². The van der Waals surface area contributed by atoms with E-state index >= 15 is 0 Å². The van der Waals surface area contributed by atoms with E-state index in [9.17, 15) is 0 Å². The van der Waals surface area contributed by atoms with E-state index in [2.05, 4.69) is 37.4 Å². The lowest BCUT2D eigenvalue weighted by atomic mass is 10.1. The van der Waals surface area contributed by atoms with Gasteiger partial charge in [-0.15, -0.1) is 0 Å². The Kier molecular flexibility index (Phi) is 3.25. The minimum absolute atomic E-state index is 0.596. The molecular weight excluding hydrogens is 240 g/mol. The number of hydrogen-bond acceptors (Lipinski definition) is 3. The predicted molar refractivity (Wildman–Crippen MR) is 79.4 cm³/mol. The molecule has 1 aromatic carbocycles. The monoisotopic (exact) mass is 260 g/mol. The highest BCUT2D eigenvalue weighted by Gasteiger charge is 2.25. The molecule has 1 saturated carbocycles. The highest BCUT2D eigenvalue weighted by Crippen LogP contribution is 2.35. The molecule has 0 spiro atoms. The fourth-order valence-electron chi connectivity index (χ4n) is 2.36. The van der Waals surface area contributed by atoms with Gasteiger partial charge < -0.3 is 5.32 Å². The first-order valence-electron chi connectivity index (χ1n) is 6.88. The summed E-state index contributed by atoms with van der Waals surface area (Å²) in [5.74, 6) is 0.971. The number of hydrogen-bond donors (Lipinski definition) is 1. The molecule has 1 atom stereocenters. The van der Waals surface area contributed by atoms with Crippen LogP contribution in [0.15, 0.2) is 18.2 Å². The van der Waals surface area contributed by atoms with E-state index in [1.165, 1.54) is 35.9 Å². The maximum absolute atomic E-state index is 4.70. The summed E-state index contributed by atoms with van der Waals surface area (Å²) in [6.45, 7) is 4.38. The summed E-state index contributed by atoms with van der Waals surface area (Å²) in [6.07, 6.45) is 5.35. The quantitative estimate of drug-likeness (QED) is 0.850. The first kappa shape index (κ1) is 12.0. The van der Waals surface area contributed by atoms with Gasteiger partial charge in [0.25, 0.3) is 0 Å². The zero-order valence-electron chi connectivity index (χ0n) is 11.1. The van der Waals surface area contributed by atoms with Gasteiger partial charge in [0.2, 0.25) is 0 Å². The minimum Gasteiger partial charge on any atom is -0.359 e. The van der Waals surface area contributed by atoms with Crippen LogP contribution in [-0.2, 0) is 0 Å². The largest absolute Gasteiger partial charge is 0.359 e. The number of fused-ring (bicyclic) bond motifs is 1. The van der Waals surface area contributed by atoms with Crippen LogP contribution in [0.1, 0.15) is 38.2 Å². The number of nitrogens with one attached hydrogen (secondary N) is 1. The van der Waals surface area contributed by atoms with Crippen molar-refractivity contribution in [2.45, 2.75) is 45.6 Å². The van der Waals surface area contributed by atoms with Gasteiger partial charge in [-0.25, -0.2) is 4.98 Å². The average Bonchev–Trinajstić information content (AvgIpc) is 3.07. The maximum Gasteiger partial charge on any atom is 0.184 e. The third-order valence-corrected chi connectivity index (χ3v) is 4.65. The lowest BCUT2D eigenvalue weighted by Gasteiger charge is -2.15. The van der Waals surface area contributed by atoms with Gasteiger partial charge in [0.05, 0.1) is 10.2 Å². The molecule has 0 saturated heterocycles. The van der Waals surface area contributed by atoms with Gasteiger partial charge in [-0.2, -0.15) is 0 Å². The zero-order valence-corrected chi connectivity index (χ0v) is 11.9. The first-order chi connectivity index (χ1) is 8.74. The molecule has 1 aliphatic rings. The average molecular weight is 260 g/mol. The summed E-state index contributed by atoms with van der Waals surface area (Å²) in [4.78, 5) is 4.70. The molecular formula is C15H20N2S. The molecule has 0 radical (unpaired) electrons. The van der Waals surface area contributed by atoms with Crippen LogP contribution in [-0.4, -0.2) is 11.0 Å². The standard InChI is InChI=1S/C15H20N2S/c1-3-12(9-11-5-6-11)16-15-17-13-8-10(2)4-7-14(13)18-15/h4,7-8,11-12H,3,5-6,9H2,1-2H3,(H,16,17). The van der Waals surface area contributed by atoms with E-state index in [1.54, 1.807) is 11.3 Å². The second kappa shape index (κ2) is 4.88. The van der Waals surface area contributed by atoms with E-state index in [1.807, 2.05) is 0 Å². The van der Waals surface area contributed by atoms with Crippen LogP contribution < -0.4 is 5.32 Å². The SMILES string of the molecule is CCC(CC1CC1)Nc1nc2cc(C)ccc2s1. The van der Waals surface area contributed by atoms with Crippen LogP contribution in [0.3, 0.4) is 0 Å². The summed E-state index contributed by atoms with van der Waals surface area (Å²) < 4.78 is 1.28. The molecule has 1 heterocycles. The van der Waals surface area contributed by atoms with Crippen LogP contribution >= 0.6 is 11.3 Å². The van der Waals surface area contributed by atoms with E-state index in [4.69, 9.17) is 4.98 Å². The number of benzene rings is 1. The second-order valence-corrected chi connectivity index (χ2v) is 6.45. The summed E-state index contributed by atoms with van der Waals surface area (Å²) in [5.41, 5.74) is 2.41. The van der Waals surface area contributed by atoms with E-state index < -0.39 is 0 Å². The number of nitrogens with zero attached hydrogens (tertiary/aromatic N) is 1. The highest BCUT2D eigenvalue weighted by molar-refractivity contribution is 7.22. The predicted octanol–water partition coefficient (Wildman–Crippen LogP) is 4.60. The van der Waals surface area contributed by atoms with Crippen molar-refractivity contribution in [1.82, 2.24) is 4.98 Å². The molecule has 0 amide bonds.